The van der Waals surface area contributed by atoms with Gasteiger partial charge < -0.3 is 15.2 Å². The minimum Gasteiger partial charge on any atom is -0.497 e. The molecule has 1 aliphatic rings. The second kappa shape index (κ2) is 8.56. The normalized spacial score (nSPS) is 16.7. The van der Waals surface area contributed by atoms with E-state index >= 15 is 0 Å². The number of hydrogen-bond acceptors (Lipinski definition) is 7. The van der Waals surface area contributed by atoms with E-state index in [9.17, 15) is 18.5 Å². The number of sulfonamides is 1. The van der Waals surface area contributed by atoms with Gasteiger partial charge in [0.25, 0.3) is 5.69 Å². The number of nitro benzene ring substituents is 1. The van der Waals surface area contributed by atoms with Crippen molar-refractivity contribution in [3.8, 4) is 5.75 Å². The van der Waals surface area contributed by atoms with Crippen LogP contribution in [-0.4, -0.2) is 57.1 Å². The minimum absolute atomic E-state index is 0.0103. The zero-order valence-corrected chi connectivity index (χ0v) is 14.9. The molecule has 1 fully saturated rings. The van der Waals surface area contributed by atoms with Gasteiger partial charge in [0.2, 0.25) is 10.0 Å². The first-order valence-electron chi connectivity index (χ1n) is 8.04. The second-order valence-corrected chi connectivity index (χ2v) is 7.61. The minimum atomic E-state index is -3.95. The Morgan fingerprint density at radius 2 is 2.04 bits per heavy atom. The van der Waals surface area contributed by atoms with Crippen LogP contribution in [0.4, 0.5) is 5.69 Å². The Bertz CT molecular complexity index is 701. The van der Waals surface area contributed by atoms with E-state index in [0.717, 1.165) is 12.5 Å². The molecule has 0 amide bonds. The standard InChI is InChI=1S/C15H23N3O6S/c1-23-13-3-4-15(14(11-13)18(19)20)25(21,22)17-8-5-12(6-9-17)24-10-2-7-16/h3-4,11-12H,2,5-10,16H2,1H3. The van der Waals surface area contributed by atoms with Gasteiger partial charge in [0.1, 0.15) is 5.75 Å². The summed E-state index contributed by atoms with van der Waals surface area (Å²) < 4.78 is 37.5. The van der Waals surface area contributed by atoms with E-state index < -0.39 is 20.6 Å². The molecule has 1 aromatic carbocycles. The van der Waals surface area contributed by atoms with Crippen molar-refractivity contribution in [1.29, 1.82) is 0 Å². The molecule has 25 heavy (non-hydrogen) atoms. The fourth-order valence-electron chi connectivity index (χ4n) is 2.70. The molecule has 2 N–H and O–H groups in total. The van der Waals surface area contributed by atoms with Crippen molar-refractivity contribution in [3.63, 3.8) is 0 Å². The van der Waals surface area contributed by atoms with E-state index in [0.29, 0.717) is 26.0 Å². The number of piperidine rings is 1. The highest BCUT2D eigenvalue weighted by molar-refractivity contribution is 7.89. The van der Waals surface area contributed by atoms with Crippen molar-refractivity contribution in [2.45, 2.75) is 30.3 Å². The molecular weight excluding hydrogens is 350 g/mol. The van der Waals surface area contributed by atoms with Gasteiger partial charge in [-0.25, -0.2) is 8.42 Å². The molecule has 10 heteroatoms. The Kier molecular flexibility index (Phi) is 6.71. The Labute approximate surface area is 146 Å². The number of nitrogens with zero attached hydrogens (tertiary/aromatic N) is 2. The summed E-state index contributed by atoms with van der Waals surface area (Å²) in [6.07, 6.45) is 1.85. The summed E-state index contributed by atoms with van der Waals surface area (Å²) in [5.41, 5.74) is 4.93. The average molecular weight is 373 g/mol. The monoisotopic (exact) mass is 373 g/mol. The third-order valence-electron chi connectivity index (χ3n) is 4.08. The van der Waals surface area contributed by atoms with E-state index in [-0.39, 0.29) is 29.8 Å². The van der Waals surface area contributed by atoms with Crippen LogP contribution in [0, 0.1) is 10.1 Å². The molecule has 0 saturated carbocycles. The maximum atomic E-state index is 12.8. The predicted octanol–water partition coefficient (Wildman–Crippen LogP) is 1.12. The number of hydrogen-bond donors (Lipinski definition) is 1. The summed E-state index contributed by atoms with van der Waals surface area (Å²) in [6.45, 7) is 1.63. The van der Waals surface area contributed by atoms with Crippen LogP contribution in [0.15, 0.2) is 23.1 Å². The molecule has 2 rings (SSSR count). The third-order valence-corrected chi connectivity index (χ3v) is 6.03. The summed E-state index contributed by atoms with van der Waals surface area (Å²) in [7, 11) is -2.59. The summed E-state index contributed by atoms with van der Waals surface area (Å²) in [5.74, 6) is 0.234. The first kappa shape index (κ1) is 19.6. The number of rotatable bonds is 8. The largest absolute Gasteiger partial charge is 0.497 e. The molecule has 0 unspecified atom stereocenters. The molecule has 0 radical (unpaired) electrons. The first-order valence-corrected chi connectivity index (χ1v) is 9.48. The van der Waals surface area contributed by atoms with Crippen LogP contribution in [0.2, 0.25) is 0 Å². The lowest BCUT2D eigenvalue weighted by Crippen LogP contribution is -2.41. The average Bonchev–Trinajstić information content (AvgIpc) is 2.61. The molecule has 9 nitrogen and oxygen atoms in total. The zero-order chi connectivity index (χ0) is 18.4. The second-order valence-electron chi connectivity index (χ2n) is 5.71. The number of nitro groups is 1. The van der Waals surface area contributed by atoms with Gasteiger partial charge in [-0.05, 0) is 37.9 Å². The molecule has 140 valence electrons. The van der Waals surface area contributed by atoms with Crippen molar-refractivity contribution < 1.29 is 22.8 Å². The molecule has 0 atom stereocenters. The molecule has 0 aromatic heterocycles. The quantitative estimate of drug-likeness (QED) is 0.411. The lowest BCUT2D eigenvalue weighted by molar-refractivity contribution is -0.387. The highest BCUT2D eigenvalue weighted by Crippen LogP contribution is 2.31. The van der Waals surface area contributed by atoms with Gasteiger partial charge in [-0.3, -0.25) is 10.1 Å². The highest BCUT2D eigenvalue weighted by Gasteiger charge is 2.34. The van der Waals surface area contributed by atoms with Gasteiger partial charge in [0.05, 0.1) is 24.2 Å². The lowest BCUT2D eigenvalue weighted by atomic mass is 10.1. The van der Waals surface area contributed by atoms with Crippen molar-refractivity contribution in [3.05, 3.63) is 28.3 Å². The van der Waals surface area contributed by atoms with E-state index in [4.69, 9.17) is 15.2 Å². The van der Waals surface area contributed by atoms with Crippen molar-refractivity contribution in [2.75, 3.05) is 33.4 Å². The molecular formula is C15H23N3O6S. The van der Waals surface area contributed by atoms with Crippen LogP contribution in [0.5, 0.6) is 5.75 Å². The lowest BCUT2D eigenvalue weighted by Gasteiger charge is -2.31. The number of benzene rings is 1. The van der Waals surface area contributed by atoms with Gasteiger partial charge >= 0.3 is 0 Å². The van der Waals surface area contributed by atoms with Gasteiger partial charge in [0.15, 0.2) is 4.90 Å². The summed E-state index contributed by atoms with van der Waals surface area (Å²) in [5, 5.41) is 11.3. The maximum Gasteiger partial charge on any atom is 0.293 e. The Morgan fingerprint density at radius 3 is 2.60 bits per heavy atom. The fraction of sp³-hybridized carbons (Fsp3) is 0.600. The van der Waals surface area contributed by atoms with Crippen LogP contribution in [-0.2, 0) is 14.8 Å². The summed E-state index contributed by atoms with van der Waals surface area (Å²) in [6, 6.07) is 3.74. The zero-order valence-electron chi connectivity index (χ0n) is 14.1. The van der Waals surface area contributed by atoms with Gasteiger partial charge in [0, 0.05) is 19.7 Å². The molecule has 1 aliphatic heterocycles. The number of methoxy groups -OCH3 is 1. The smallest absolute Gasteiger partial charge is 0.293 e. The topological polar surface area (TPSA) is 125 Å². The van der Waals surface area contributed by atoms with E-state index in [2.05, 4.69) is 0 Å². The first-order chi connectivity index (χ1) is 11.9. The molecule has 1 saturated heterocycles. The van der Waals surface area contributed by atoms with Crippen molar-refractivity contribution >= 4 is 15.7 Å². The summed E-state index contributed by atoms with van der Waals surface area (Å²) >= 11 is 0. The molecule has 0 spiro atoms. The van der Waals surface area contributed by atoms with Crippen LogP contribution in [0.1, 0.15) is 19.3 Å². The Balaban J connectivity index is 2.14. The van der Waals surface area contributed by atoms with Crippen molar-refractivity contribution in [2.24, 2.45) is 5.73 Å². The van der Waals surface area contributed by atoms with Crippen LogP contribution < -0.4 is 10.5 Å². The van der Waals surface area contributed by atoms with Gasteiger partial charge in [-0.1, -0.05) is 0 Å². The summed E-state index contributed by atoms with van der Waals surface area (Å²) in [4.78, 5) is 10.2. The van der Waals surface area contributed by atoms with Crippen LogP contribution in [0.25, 0.3) is 0 Å². The highest BCUT2D eigenvalue weighted by atomic mass is 32.2. The third kappa shape index (κ3) is 4.66. The van der Waals surface area contributed by atoms with Gasteiger partial charge in [-0.2, -0.15) is 4.31 Å². The van der Waals surface area contributed by atoms with E-state index in [1.165, 1.54) is 23.5 Å². The van der Waals surface area contributed by atoms with Crippen LogP contribution in [0.3, 0.4) is 0 Å². The fourth-order valence-corrected chi connectivity index (χ4v) is 4.30. The maximum absolute atomic E-state index is 12.8. The van der Waals surface area contributed by atoms with Gasteiger partial charge in [-0.15, -0.1) is 0 Å². The number of nitrogens with two attached hydrogens (primary N) is 1. The predicted molar refractivity (Wildman–Crippen MR) is 91.1 cm³/mol. The molecule has 0 aliphatic carbocycles. The Hall–Kier alpha value is -1.75. The number of ether oxygens (including phenoxy) is 2. The molecule has 1 heterocycles. The van der Waals surface area contributed by atoms with E-state index in [1.54, 1.807) is 0 Å². The van der Waals surface area contributed by atoms with E-state index in [1.807, 2.05) is 0 Å². The molecule has 0 bridgehead atoms. The Morgan fingerprint density at radius 1 is 1.36 bits per heavy atom. The molecule has 1 aromatic rings. The van der Waals surface area contributed by atoms with Crippen molar-refractivity contribution in [1.82, 2.24) is 4.31 Å². The van der Waals surface area contributed by atoms with Crippen LogP contribution >= 0.6 is 0 Å². The SMILES string of the molecule is COc1ccc(S(=O)(=O)N2CCC(OCCCN)CC2)c([N+](=O)[O-])c1.